The first-order valence-electron chi connectivity index (χ1n) is 4.17. The molecule has 0 fully saturated rings. The molecule has 0 rings (SSSR count). The summed E-state index contributed by atoms with van der Waals surface area (Å²) < 4.78 is 0. The summed E-state index contributed by atoms with van der Waals surface area (Å²) in [7, 11) is 4.08. The van der Waals surface area contributed by atoms with Crippen molar-refractivity contribution in [2.24, 2.45) is 0 Å². The van der Waals surface area contributed by atoms with E-state index in [1.807, 2.05) is 14.1 Å². The van der Waals surface area contributed by atoms with Crippen LogP contribution in [0.5, 0.6) is 0 Å². The van der Waals surface area contributed by atoms with E-state index in [1.165, 1.54) is 11.1 Å². The van der Waals surface area contributed by atoms with Gasteiger partial charge in [0, 0.05) is 20.3 Å². The molecule has 0 saturated carbocycles. The molecule has 0 bridgehead atoms. The molecule has 0 radical (unpaired) electrons. The van der Waals surface area contributed by atoms with E-state index in [0.29, 0.717) is 0 Å². The maximum atomic E-state index is 4.00. The fraction of sp³-hybridized carbons (Fsp3) is 0.600. The Balaban J connectivity index is 4.27. The van der Waals surface area contributed by atoms with Gasteiger partial charge >= 0.3 is 0 Å². The Morgan fingerprint density at radius 2 is 1.82 bits per heavy atom. The first-order chi connectivity index (χ1) is 5.11. The summed E-state index contributed by atoms with van der Waals surface area (Å²) in [6, 6.07) is 0. The molecule has 1 heteroatoms. The van der Waals surface area contributed by atoms with Crippen molar-refractivity contribution < 1.29 is 0 Å². The van der Waals surface area contributed by atoms with Crippen LogP contribution >= 0.6 is 0 Å². The van der Waals surface area contributed by atoms with Gasteiger partial charge in [0.05, 0.1) is 0 Å². The lowest BCUT2D eigenvalue weighted by Gasteiger charge is -2.11. The van der Waals surface area contributed by atoms with Crippen molar-refractivity contribution in [3.05, 3.63) is 23.9 Å². The molecule has 0 aliphatic heterocycles. The van der Waals surface area contributed by atoms with Gasteiger partial charge in [-0.05, 0) is 18.4 Å². The predicted molar refractivity (Wildman–Crippen MR) is 51.5 cm³/mol. The number of hydrogen-bond acceptors (Lipinski definition) is 1. The van der Waals surface area contributed by atoms with Gasteiger partial charge in [0.15, 0.2) is 0 Å². The van der Waals surface area contributed by atoms with Gasteiger partial charge in [-0.3, -0.25) is 0 Å². The molecule has 0 amide bonds. The Bertz CT molecular complexity index is 154. The lowest BCUT2D eigenvalue weighted by molar-refractivity contribution is 0.556. The highest BCUT2D eigenvalue weighted by Gasteiger charge is 1.97. The quantitative estimate of drug-likeness (QED) is 0.561. The molecular weight excluding hydrogens is 134 g/mol. The maximum Gasteiger partial charge on any atom is 0.00557 e. The van der Waals surface area contributed by atoms with Crippen molar-refractivity contribution in [3.63, 3.8) is 0 Å². The molecule has 0 aromatic heterocycles. The van der Waals surface area contributed by atoms with Crippen LogP contribution in [-0.2, 0) is 0 Å². The summed E-state index contributed by atoms with van der Waals surface area (Å²) in [6.07, 6.45) is 4.27. The van der Waals surface area contributed by atoms with Crippen molar-refractivity contribution in [1.29, 1.82) is 0 Å². The highest BCUT2D eigenvalue weighted by molar-refractivity contribution is 5.26. The van der Waals surface area contributed by atoms with E-state index in [2.05, 4.69) is 31.5 Å². The van der Waals surface area contributed by atoms with Gasteiger partial charge in [0.25, 0.3) is 0 Å². The van der Waals surface area contributed by atoms with Gasteiger partial charge in [-0.1, -0.05) is 26.0 Å². The summed E-state index contributed by atoms with van der Waals surface area (Å²) in [5.41, 5.74) is 2.61. The zero-order chi connectivity index (χ0) is 8.85. The zero-order valence-corrected chi connectivity index (χ0v) is 8.15. The van der Waals surface area contributed by atoms with Crippen LogP contribution in [0, 0.1) is 0 Å². The SMILES string of the molecule is C=C(CC)/C(=C/N(C)C)CC. The smallest absolute Gasteiger partial charge is 0.00557 e. The molecule has 11 heavy (non-hydrogen) atoms. The van der Waals surface area contributed by atoms with Crippen LogP contribution in [-0.4, -0.2) is 19.0 Å². The normalized spacial score (nSPS) is 11.5. The lowest BCUT2D eigenvalue weighted by Crippen LogP contribution is -2.03. The topological polar surface area (TPSA) is 3.24 Å². The predicted octanol–water partition coefficient (Wildman–Crippen LogP) is 2.81. The minimum absolute atomic E-state index is 1.05. The van der Waals surface area contributed by atoms with E-state index >= 15 is 0 Å². The van der Waals surface area contributed by atoms with E-state index in [4.69, 9.17) is 0 Å². The summed E-state index contributed by atoms with van der Waals surface area (Å²) in [6.45, 7) is 8.31. The molecule has 0 aliphatic carbocycles. The van der Waals surface area contributed by atoms with Crippen LogP contribution in [0.1, 0.15) is 26.7 Å². The van der Waals surface area contributed by atoms with Crippen molar-refractivity contribution in [3.8, 4) is 0 Å². The summed E-state index contributed by atoms with van der Waals surface area (Å²) in [5.74, 6) is 0. The summed E-state index contributed by atoms with van der Waals surface area (Å²) >= 11 is 0. The highest BCUT2D eigenvalue weighted by Crippen LogP contribution is 2.14. The lowest BCUT2D eigenvalue weighted by atomic mass is 10.0. The van der Waals surface area contributed by atoms with Crippen LogP contribution in [0.15, 0.2) is 23.9 Å². The molecule has 0 aromatic carbocycles. The number of allylic oxidation sites excluding steroid dienone is 2. The van der Waals surface area contributed by atoms with Gasteiger partial charge in [0.1, 0.15) is 0 Å². The summed E-state index contributed by atoms with van der Waals surface area (Å²) in [5, 5.41) is 0. The van der Waals surface area contributed by atoms with Crippen LogP contribution in [0.4, 0.5) is 0 Å². The van der Waals surface area contributed by atoms with Gasteiger partial charge in [-0.2, -0.15) is 0 Å². The van der Waals surface area contributed by atoms with Crippen LogP contribution in [0.3, 0.4) is 0 Å². The third kappa shape index (κ3) is 3.87. The van der Waals surface area contributed by atoms with Crippen LogP contribution < -0.4 is 0 Å². The van der Waals surface area contributed by atoms with Gasteiger partial charge in [-0.15, -0.1) is 0 Å². The van der Waals surface area contributed by atoms with Gasteiger partial charge < -0.3 is 4.90 Å². The highest BCUT2D eigenvalue weighted by atomic mass is 15.0. The van der Waals surface area contributed by atoms with Crippen LogP contribution in [0.2, 0.25) is 0 Å². The number of hydrogen-bond donors (Lipinski definition) is 0. The Hall–Kier alpha value is -0.720. The number of rotatable bonds is 4. The Morgan fingerprint density at radius 3 is 2.09 bits per heavy atom. The first kappa shape index (κ1) is 10.3. The van der Waals surface area contributed by atoms with Crippen molar-refractivity contribution in [2.75, 3.05) is 14.1 Å². The molecule has 64 valence electrons. The van der Waals surface area contributed by atoms with Crippen molar-refractivity contribution in [2.45, 2.75) is 26.7 Å². The molecule has 0 atom stereocenters. The fourth-order valence-corrected chi connectivity index (χ4v) is 0.971. The summed E-state index contributed by atoms with van der Waals surface area (Å²) in [4.78, 5) is 2.07. The molecule has 0 spiro atoms. The van der Waals surface area contributed by atoms with Crippen molar-refractivity contribution >= 4 is 0 Å². The standard InChI is InChI=1S/C10H19N/c1-6-9(3)10(7-2)8-11(4)5/h8H,3,6-7H2,1-2,4-5H3/b10-8+. The van der Waals surface area contributed by atoms with Crippen molar-refractivity contribution in [1.82, 2.24) is 4.90 Å². The molecule has 0 unspecified atom stereocenters. The van der Waals surface area contributed by atoms with Gasteiger partial charge in [0.2, 0.25) is 0 Å². The zero-order valence-electron chi connectivity index (χ0n) is 8.15. The average molecular weight is 153 g/mol. The largest absolute Gasteiger partial charge is 0.383 e. The Labute approximate surface area is 70.4 Å². The van der Waals surface area contributed by atoms with Gasteiger partial charge in [-0.25, -0.2) is 0 Å². The third-order valence-electron chi connectivity index (χ3n) is 1.68. The molecule has 0 heterocycles. The first-order valence-corrected chi connectivity index (χ1v) is 4.17. The molecule has 0 aromatic rings. The van der Waals surface area contributed by atoms with E-state index < -0.39 is 0 Å². The van der Waals surface area contributed by atoms with E-state index in [-0.39, 0.29) is 0 Å². The second kappa shape index (κ2) is 5.00. The minimum Gasteiger partial charge on any atom is -0.383 e. The molecule has 0 aliphatic rings. The molecule has 1 nitrogen and oxygen atoms in total. The van der Waals surface area contributed by atoms with E-state index in [1.54, 1.807) is 0 Å². The molecule has 0 saturated heterocycles. The van der Waals surface area contributed by atoms with E-state index in [0.717, 1.165) is 12.8 Å². The minimum atomic E-state index is 1.05. The van der Waals surface area contributed by atoms with Crippen LogP contribution in [0.25, 0.3) is 0 Å². The van der Waals surface area contributed by atoms with E-state index in [9.17, 15) is 0 Å². The third-order valence-corrected chi connectivity index (χ3v) is 1.68. The Morgan fingerprint density at radius 1 is 1.27 bits per heavy atom. The second-order valence-corrected chi connectivity index (χ2v) is 2.93. The molecular formula is C10H19N. The Kier molecular flexibility index (Phi) is 4.67. The fourth-order valence-electron chi connectivity index (χ4n) is 0.971. The maximum absolute atomic E-state index is 4.00. The monoisotopic (exact) mass is 153 g/mol. The molecule has 0 N–H and O–H groups in total. The number of nitrogens with zero attached hydrogens (tertiary/aromatic N) is 1. The average Bonchev–Trinajstić information content (AvgIpc) is 1.98. The second-order valence-electron chi connectivity index (χ2n) is 2.93.